The summed E-state index contributed by atoms with van der Waals surface area (Å²) in [6, 6.07) is 13.0. The Hall–Kier alpha value is -2.18. The number of rotatable bonds is 11. The van der Waals surface area contributed by atoms with Gasteiger partial charge in [0.25, 0.3) is 0 Å². The number of halogens is 1. The normalized spacial score (nSPS) is 14.9. The van der Waals surface area contributed by atoms with Crippen LogP contribution in [0.15, 0.2) is 36.4 Å². The van der Waals surface area contributed by atoms with E-state index in [-0.39, 0.29) is 5.82 Å². The van der Waals surface area contributed by atoms with Crippen molar-refractivity contribution in [3.8, 4) is 0 Å². The third-order valence-electron chi connectivity index (χ3n) is 6.20. The van der Waals surface area contributed by atoms with Crippen LogP contribution in [-0.2, 0) is 11.3 Å². The van der Waals surface area contributed by atoms with E-state index < -0.39 is 8.07 Å². The van der Waals surface area contributed by atoms with Gasteiger partial charge in [0.2, 0.25) is 0 Å². The Kier molecular flexibility index (Phi) is 8.88. The molecule has 0 spiro atoms. The highest BCUT2D eigenvalue weighted by Gasteiger charge is 2.15. The molecule has 0 aromatic heterocycles. The lowest BCUT2D eigenvalue weighted by atomic mass is 9.84. The molecule has 0 aliphatic heterocycles. The number of ether oxygens (including phenoxy) is 1. The second kappa shape index (κ2) is 11.6. The summed E-state index contributed by atoms with van der Waals surface area (Å²) in [6.45, 7) is 8.57. The molecular weight excluding hydrogens is 417 g/mol. The number of benzene rings is 2. The Morgan fingerprint density at radius 1 is 1.03 bits per heavy atom. The fourth-order valence-corrected chi connectivity index (χ4v) is 4.87. The minimum Gasteiger partial charge on any atom is -0.379 e. The molecule has 4 nitrogen and oxygen atoms in total. The standard InChI is InChI=1S/C26H38FN3OSi/c1-32(2,3)14-13-31-19-30-25-16-26(24(27)15-23(25)17-28)29-18-20-9-11-22(12-10-20)21-7-5-4-6-8-21/h9-12,15-17,21,28-30H,4-8,13-14,18-19H2,1-3H3. The van der Waals surface area contributed by atoms with Crippen LogP contribution in [0.25, 0.3) is 0 Å². The van der Waals surface area contributed by atoms with Crippen molar-refractivity contribution < 1.29 is 9.13 Å². The van der Waals surface area contributed by atoms with Gasteiger partial charge in [-0.25, -0.2) is 4.39 Å². The van der Waals surface area contributed by atoms with E-state index in [9.17, 15) is 4.39 Å². The molecular formula is C26H38FN3OSi. The molecule has 0 amide bonds. The highest BCUT2D eigenvalue weighted by atomic mass is 28.3. The Morgan fingerprint density at radius 2 is 1.75 bits per heavy atom. The van der Waals surface area contributed by atoms with E-state index in [0.29, 0.717) is 42.7 Å². The van der Waals surface area contributed by atoms with Crippen LogP contribution >= 0.6 is 0 Å². The molecule has 0 unspecified atom stereocenters. The summed E-state index contributed by atoms with van der Waals surface area (Å²) in [4.78, 5) is 0. The van der Waals surface area contributed by atoms with E-state index in [4.69, 9.17) is 10.1 Å². The van der Waals surface area contributed by atoms with E-state index >= 15 is 0 Å². The minimum atomic E-state index is -1.13. The van der Waals surface area contributed by atoms with Crippen molar-refractivity contribution in [1.29, 1.82) is 5.41 Å². The smallest absolute Gasteiger partial charge is 0.147 e. The molecule has 2 aromatic rings. The Bertz CT molecular complexity index is 874. The molecule has 1 aliphatic carbocycles. The van der Waals surface area contributed by atoms with Crippen LogP contribution in [0, 0.1) is 11.2 Å². The van der Waals surface area contributed by atoms with Gasteiger partial charge in [-0.05, 0) is 48.1 Å². The zero-order chi connectivity index (χ0) is 23.0. The number of hydrogen-bond acceptors (Lipinski definition) is 4. The summed E-state index contributed by atoms with van der Waals surface area (Å²) < 4.78 is 20.3. The van der Waals surface area contributed by atoms with Gasteiger partial charge in [-0.2, -0.15) is 0 Å². The molecule has 3 N–H and O–H groups in total. The van der Waals surface area contributed by atoms with Gasteiger partial charge < -0.3 is 20.8 Å². The van der Waals surface area contributed by atoms with Crippen LogP contribution in [0.2, 0.25) is 25.7 Å². The minimum absolute atomic E-state index is 0.346. The molecule has 1 fully saturated rings. The van der Waals surface area contributed by atoms with Crippen molar-refractivity contribution in [1.82, 2.24) is 0 Å². The van der Waals surface area contributed by atoms with E-state index in [0.717, 1.165) is 11.6 Å². The highest BCUT2D eigenvalue weighted by Crippen LogP contribution is 2.32. The Morgan fingerprint density at radius 3 is 2.41 bits per heavy atom. The third kappa shape index (κ3) is 7.45. The molecule has 2 aromatic carbocycles. The zero-order valence-corrected chi connectivity index (χ0v) is 20.8. The fourth-order valence-electron chi connectivity index (χ4n) is 4.12. The zero-order valence-electron chi connectivity index (χ0n) is 19.8. The van der Waals surface area contributed by atoms with Crippen LogP contribution in [-0.4, -0.2) is 27.6 Å². The van der Waals surface area contributed by atoms with Gasteiger partial charge in [0.1, 0.15) is 12.5 Å². The SMILES string of the molecule is C[Si](C)(C)CCOCNc1cc(NCc2ccc(C3CCCCC3)cc2)c(F)cc1C=N. The summed E-state index contributed by atoms with van der Waals surface area (Å²) in [5.41, 5.74) is 4.19. The average Bonchev–Trinajstić information content (AvgIpc) is 2.78. The summed E-state index contributed by atoms with van der Waals surface area (Å²) >= 11 is 0. The first-order valence-corrected chi connectivity index (χ1v) is 15.5. The topological polar surface area (TPSA) is 57.1 Å². The Balaban J connectivity index is 1.57. The third-order valence-corrected chi connectivity index (χ3v) is 7.90. The summed E-state index contributed by atoms with van der Waals surface area (Å²) in [5.74, 6) is 0.339. The van der Waals surface area contributed by atoms with Gasteiger partial charge in [-0.15, -0.1) is 0 Å². The molecule has 0 bridgehead atoms. The molecule has 0 atom stereocenters. The van der Waals surface area contributed by atoms with Crippen LogP contribution in [0.5, 0.6) is 0 Å². The summed E-state index contributed by atoms with van der Waals surface area (Å²) in [7, 11) is -1.13. The molecule has 32 heavy (non-hydrogen) atoms. The van der Waals surface area contributed by atoms with Gasteiger partial charge in [-0.3, -0.25) is 0 Å². The first-order chi connectivity index (χ1) is 15.4. The maximum absolute atomic E-state index is 14.6. The van der Waals surface area contributed by atoms with Crippen LogP contribution in [0.1, 0.15) is 54.7 Å². The maximum atomic E-state index is 14.6. The monoisotopic (exact) mass is 455 g/mol. The van der Waals surface area contributed by atoms with E-state index in [1.54, 1.807) is 6.07 Å². The largest absolute Gasteiger partial charge is 0.379 e. The van der Waals surface area contributed by atoms with Crippen molar-refractivity contribution in [3.05, 3.63) is 58.9 Å². The van der Waals surface area contributed by atoms with Crippen molar-refractivity contribution in [2.75, 3.05) is 24.0 Å². The van der Waals surface area contributed by atoms with Crippen molar-refractivity contribution in [2.24, 2.45) is 0 Å². The number of hydrogen-bond donors (Lipinski definition) is 3. The van der Waals surface area contributed by atoms with Gasteiger partial charge in [-0.1, -0.05) is 63.2 Å². The maximum Gasteiger partial charge on any atom is 0.147 e. The highest BCUT2D eigenvalue weighted by molar-refractivity contribution is 6.76. The van der Waals surface area contributed by atoms with Crippen LogP contribution in [0.4, 0.5) is 15.8 Å². The molecule has 0 heterocycles. The summed E-state index contributed by atoms with van der Waals surface area (Å²) in [6.07, 6.45) is 7.78. The average molecular weight is 456 g/mol. The van der Waals surface area contributed by atoms with Crippen LogP contribution in [0.3, 0.4) is 0 Å². The first kappa shape index (κ1) is 24.5. The number of anilines is 2. The Labute approximate surface area is 193 Å². The molecule has 1 saturated carbocycles. The van der Waals surface area contributed by atoms with E-state index in [1.807, 2.05) is 0 Å². The molecule has 0 radical (unpaired) electrons. The molecule has 6 heteroatoms. The predicted molar refractivity (Wildman–Crippen MR) is 136 cm³/mol. The quantitative estimate of drug-likeness (QED) is 0.145. The second-order valence-electron chi connectivity index (χ2n) is 10.0. The number of nitrogens with one attached hydrogen (secondary N) is 3. The summed E-state index contributed by atoms with van der Waals surface area (Å²) in [5, 5.41) is 14.0. The molecule has 0 saturated heterocycles. The molecule has 3 rings (SSSR count). The van der Waals surface area contributed by atoms with Crippen LogP contribution < -0.4 is 10.6 Å². The van der Waals surface area contributed by atoms with Gasteiger partial charge >= 0.3 is 0 Å². The fraction of sp³-hybridized carbons (Fsp3) is 0.500. The second-order valence-corrected chi connectivity index (χ2v) is 15.7. The van der Waals surface area contributed by atoms with Crippen molar-refractivity contribution >= 4 is 25.7 Å². The van der Waals surface area contributed by atoms with E-state index in [1.165, 1.54) is 49.9 Å². The first-order valence-electron chi connectivity index (χ1n) is 11.8. The lowest BCUT2D eigenvalue weighted by molar-refractivity contribution is 0.166. The van der Waals surface area contributed by atoms with Gasteiger partial charge in [0.05, 0.1) is 5.69 Å². The van der Waals surface area contributed by atoms with Crippen molar-refractivity contribution in [2.45, 2.75) is 70.3 Å². The van der Waals surface area contributed by atoms with Gasteiger partial charge in [0, 0.05) is 38.7 Å². The predicted octanol–water partition coefficient (Wildman–Crippen LogP) is 7.21. The lowest BCUT2D eigenvalue weighted by Crippen LogP contribution is -2.22. The molecule has 1 aliphatic rings. The van der Waals surface area contributed by atoms with E-state index in [2.05, 4.69) is 54.5 Å². The van der Waals surface area contributed by atoms with Crippen molar-refractivity contribution in [3.63, 3.8) is 0 Å². The molecule has 174 valence electrons. The lowest BCUT2D eigenvalue weighted by Gasteiger charge is -2.22. The van der Waals surface area contributed by atoms with Gasteiger partial charge in [0.15, 0.2) is 0 Å².